The second-order valence-corrected chi connectivity index (χ2v) is 4.68. The normalized spacial score (nSPS) is 20.4. The summed E-state index contributed by atoms with van der Waals surface area (Å²) in [5, 5.41) is 3.42. The summed E-state index contributed by atoms with van der Waals surface area (Å²) in [5.41, 5.74) is 2.68. The summed E-state index contributed by atoms with van der Waals surface area (Å²) in [6.07, 6.45) is 3.73. The fourth-order valence-electron chi connectivity index (χ4n) is 2.56. The van der Waals surface area contributed by atoms with E-state index in [1.54, 1.807) is 7.11 Å². The lowest BCUT2D eigenvalue weighted by Crippen LogP contribution is -2.26. The molecule has 3 heteroatoms. The Kier molecular flexibility index (Phi) is 3.89. The van der Waals surface area contributed by atoms with Crippen LogP contribution in [-0.2, 0) is 0 Å². The van der Waals surface area contributed by atoms with Gasteiger partial charge in [-0.2, -0.15) is 0 Å². The summed E-state index contributed by atoms with van der Waals surface area (Å²) in [5.74, 6) is 0.943. The largest absolute Gasteiger partial charge is 0.497 e. The van der Waals surface area contributed by atoms with Gasteiger partial charge in [-0.05, 0) is 50.1 Å². The van der Waals surface area contributed by atoms with E-state index in [-0.39, 0.29) is 0 Å². The van der Waals surface area contributed by atoms with Crippen LogP contribution in [0, 0.1) is 0 Å². The molecule has 1 aromatic rings. The molecule has 17 heavy (non-hydrogen) atoms. The van der Waals surface area contributed by atoms with Gasteiger partial charge in [0.15, 0.2) is 0 Å². The highest BCUT2D eigenvalue weighted by Crippen LogP contribution is 2.33. The van der Waals surface area contributed by atoms with Gasteiger partial charge in [0.25, 0.3) is 0 Å². The Hall–Kier alpha value is -1.22. The van der Waals surface area contributed by atoms with E-state index in [9.17, 15) is 0 Å². The van der Waals surface area contributed by atoms with Crippen LogP contribution in [0.25, 0.3) is 0 Å². The average Bonchev–Trinajstić information content (AvgIpc) is 2.36. The maximum absolute atomic E-state index is 5.33. The SMILES string of the molecule is CNC1CCCCN(C)c2ccc(OC)cc21. The fourth-order valence-corrected chi connectivity index (χ4v) is 2.56. The van der Waals surface area contributed by atoms with Crippen molar-refractivity contribution in [3.8, 4) is 5.75 Å². The third-order valence-corrected chi connectivity index (χ3v) is 3.61. The third kappa shape index (κ3) is 2.55. The van der Waals surface area contributed by atoms with Gasteiger partial charge in [-0.3, -0.25) is 0 Å². The van der Waals surface area contributed by atoms with Crippen LogP contribution in [0.2, 0.25) is 0 Å². The van der Waals surface area contributed by atoms with Crippen LogP contribution in [-0.4, -0.2) is 27.7 Å². The van der Waals surface area contributed by atoms with Crippen LogP contribution in [0.5, 0.6) is 5.75 Å². The van der Waals surface area contributed by atoms with E-state index in [1.165, 1.54) is 30.5 Å². The molecular weight excluding hydrogens is 212 g/mol. The lowest BCUT2D eigenvalue weighted by Gasteiger charge is -2.30. The smallest absolute Gasteiger partial charge is 0.119 e. The van der Waals surface area contributed by atoms with Crippen molar-refractivity contribution in [1.29, 1.82) is 0 Å². The topological polar surface area (TPSA) is 24.5 Å². The molecule has 0 radical (unpaired) electrons. The number of ether oxygens (including phenoxy) is 1. The molecule has 0 amide bonds. The van der Waals surface area contributed by atoms with Crippen LogP contribution in [0.1, 0.15) is 30.9 Å². The molecular formula is C14H22N2O. The molecule has 1 N–H and O–H groups in total. The molecule has 3 nitrogen and oxygen atoms in total. The van der Waals surface area contributed by atoms with Gasteiger partial charge >= 0.3 is 0 Å². The Morgan fingerprint density at radius 1 is 1.35 bits per heavy atom. The molecule has 1 atom stereocenters. The van der Waals surface area contributed by atoms with Gasteiger partial charge in [0, 0.05) is 25.3 Å². The lowest BCUT2D eigenvalue weighted by atomic mass is 9.96. The molecule has 1 unspecified atom stereocenters. The van der Waals surface area contributed by atoms with Crippen molar-refractivity contribution in [2.45, 2.75) is 25.3 Å². The Morgan fingerprint density at radius 3 is 2.88 bits per heavy atom. The highest BCUT2D eigenvalue weighted by Gasteiger charge is 2.19. The maximum Gasteiger partial charge on any atom is 0.119 e. The first kappa shape index (κ1) is 12.2. The zero-order chi connectivity index (χ0) is 12.3. The molecule has 2 rings (SSSR count). The van der Waals surface area contributed by atoms with Gasteiger partial charge in [-0.25, -0.2) is 0 Å². The Labute approximate surface area is 104 Å². The van der Waals surface area contributed by atoms with Crippen molar-refractivity contribution < 1.29 is 4.74 Å². The van der Waals surface area contributed by atoms with Crippen molar-refractivity contribution >= 4 is 5.69 Å². The first-order valence-electron chi connectivity index (χ1n) is 6.32. The van der Waals surface area contributed by atoms with Gasteiger partial charge in [-0.15, -0.1) is 0 Å². The second-order valence-electron chi connectivity index (χ2n) is 4.68. The molecule has 0 spiro atoms. The Bertz CT molecular complexity index is 378. The molecule has 0 saturated heterocycles. The standard InChI is InChI=1S/C14H22N2O/c1-15-13-6-4-5-9-16(2)14-8-7-11(17-3)10-12(13)14/h7-8,10,13,15H,4-6,9H2,1-3H3. The third-order valence-electron chi connectivity index (χ3n) is 3.61. The monoisotopic (exact) mass is 234 g/mol. The minimum absolute atomic E-state index is 0.433. The van der Waals surface area contributed by atoms with E-state index >= 15 is 0 Å². The maximum atomic E-state index is 5.33. The van der Waals surface area contributed by atoms with Crippen molar-refractivity contribution in [1.82, 2.24) is 5.32 Å². The number of hydrogen-bond donors (Lipinski definition) is 1. The number of nitrogens with one attached hydrogen (secondary N) is 1. The molecule has 0 aromatic heterocycles. The summed E-state index contributed by atoms with van der Waals surface area (Å²) >= 11 is 0. The predicted octanol–water partition coefficient (Wildman–Crippen LogP) is 2.58. The fraction of sp³-hybridized carbons (Fsp3) is 0.571. The van der Waals surface area contributed by atoms with Gasteiger partial charge in [0.2, 0.25) is 0 Å². The second kappa shape index (κ2) is 5.41. The van der Waals surface area contributed by atoms with E-state index in [2.05, 4.69) is 29.4 Å². The van der Waals surface area contributed by atoms with Crippen LogP contribution >= 0.6 is 0 Å². The summed E-state index contributed by atoms with van der Waals surface area (Å²) in [6.45, 7) is 1.13. The molecule has 0 fully saturated rings. The number of anilines is 1. The summed E-state index contributed by atoms with van der Waals surface area (Å²) in [6, 6.07) is 6.81. The number of methoxy groups -OCH3 is 1. The van der Waals surface area contributed by atoms with Gasteiger partial charge in [0.1, 0.15) is 5.75 Å². The van der Waals surface area contributed by atoms with Gasteiger partial charge in [0.05, 0.1) is 7.11 Å². The molecule has 1 aromatic carbocycles. The molecule has 1 aliphatic rings. The highest BCUT2D eigenvalue weighted by atomic mass is 16.5. The molecule has 94 valence electrons. The minimum atomic E-state index is 0.433. The quantitative estimate of drug-likeness (QED) is 0.851. The van der Waals surface area contributed by atoms with Crippen LogP contribution in [0.4, 0.5) is 5.69 Å². The van der Waals surface area contributed by atoms with Gasteiger partial charge < -0.3 is 15.0 Å². The zero-order valence-electron chi connectivity index (χ0n) is 11.0. The minimum Gasteiger partial charge on any atom is -0.497 e. The van der Waals surface area contributed by atoms with Crippen LogP contribution in [0.3, 0.4) is 0 Å². The number of rotatable bonds is 2. The van der Waals surface area contributed by atoms with Gasteiger partial charge in [-0.1, -0.05) is 0 Å². The lowest BCUT2D eigenvalue weighted by molar-refractivity contribution is 0.412. The van der Waals surface area contributed by atoms with E-state index < -0.39 is 0 Å². The van der Waals surface area contributed by atoms with E-state index in [0.717, 1.165) is 12.3 Å². The number of nitrogens with zero attached hydrogens (tertiary/aromatic N) is 1. The van der Waals surface area contributed by atoms with E-state index in [0.29, 0.717) is 6.04 Å². The van der Waals surface area contributed by atoms with E-state index in [4.69, 9.17) is 4.74 Å². The summed E-state index contributed by atoms with van der Waals surface area (Å²) in [7, 11) is 5.93. The van der Waals surface area contributed by atoms with Crippen LogP contribution in [0.15, 0.2) is 18.2 Å². The zero-order valence-corrected chi connectivity index (χ0v) is 11.0. The first-order valence-corrected chi connectivity index (χ1v) is 6.32. The van der Waals surface area contributed by atoms with Crippen molar-refractivity contribution in [3.63, 3.8) is 0 Å². The van der Waals surface area contributed by atoms with Crippen molar-refractivity contribution in [2.75, 3.05) is 32.6 Å². The Morgan fingerprint density at radius 2 is 2.18 bits per heavy atom. The first-order chi connectivity index (χ1) is 8.26. The summed E-state index contributed by atoms with van der Waals surface area (Å²) < 4.78 is 5.33. The van der Waals surface area contributed by atoms with Crippen molar-refractivity contribution in [2.24, 2.45) is 0 Å². The van der Waals surface area contributed by atoms with Crippen molar-refractivity contribution in [3.05, 3.63) is 23.8 Å². The summed E-state index contributed by atoms with van der Waals surface area (Å²) in [4.78, 5) is 2.35. The Balaban J connectivity index is 2.43. The number of fused-ring (bicyclic) bond motifs is 1. The molecule has 1 heterocycles. The number of hydrogen-bond acceptors (Lipinski definition) is 3. The van der Waals surface area contributed by atoms with Crippen LogP contribution < -0.4 is 15.0 Å². The molecule has 0 bridgehead atoms. The highest BCUT2D eigenvalue weighted by molar-refractivity contribution is 5.57. The molecule has 0 aliphatic carbocycles. The number of benzene rings is 1. The average molecular weight is 234 g/mol. The predicted molar refractivity (Wildman–Crippen MR) is 71.9 cm³/mol. The molecule has 1 aliphatic heterocycles. The van der Waals surface area contributed by atoms with E-state index in [1.807, 2.05) is 13.1 Å². The molecule has 0 saturated carbocycles.